The molecule has 1 aromatic carbocycles. The maximum Gasteiger partial charge on any atom is 0.306 e. The Morgan fingerprint density at radius 3 is 2.74 bits per heavy atom. The lowest BCUT2D eigenvalue weighted by atomic mass is 10.0. The van der Waals surface area contributed by atoms with Gasteiger partial charge in [-0.2, -0.15) is 11.8 Å². The van der Waals surface area contributed by atoms with Crippen LogP contribution in [0.2, 0.25) is 0 Å². The van der Waals surface area contributed by atoms with Gasteiger partial charge in [0.1, 0.15) is 0 Å². The van der Waals surface area contributed by atoms with E-state index in [1.54, 1.807) is 16.4 Å². The van der Waals surface area contributed by atoms with Gasteiger partial charge in [-0.1, -0.05) is 30.3 Å². The third-order valence-corrected chi connectivity index (χ3v) is 6.20. The Labute approximate surface area is 203 Å². The molecule has 1 aliphatic rings. The molecule has 2 N–H and O–H groups in total. The number of benzene rings is 1. The highest BCUT2D eigenvalue weighted by molar-refractivity contribution is 7.98. The van der Waals surface area contributed by atoms with Crippen molar-refractivity contribution in [2.75, 3.05) is 18.6 Å². The highest BCUT2D eigenvalue weighted by Gasteiger charge is 2.24. The normalized spacial score (nSPS) is 20.7. The van der Waals surface area contributed by atoms with E-state index in [0.717, 1.165) is 12.0 Å². The minimum absolute atomic E-state index is 0.126. The number of carbonyl (C=O) groups is 3. The third-order valence-electron chi connectivity index (χ3n) is 5.55. The van der Waals surface area contributed by atoms with Crippen molar-refractivity contribution in [2.24, 2.45) is 0 Å². The molecule has 0 aliphatic carbocycles. The quantitative estimate of drug-likeness (QED) is 0.590. The average Bonchev–Trinajstić information content (AvgIpc) is 3.30. The second kappa shape index (κ2) is 13.7. The van der Waals surface area contributed by atoms with Crippen LogP contribution in [0, 0.1) is 0 Å². The molecule has 184 valence electrons. The molecule has 3 rings (SSSR count). The van der Waals surface area contributed by atoms with Crippen molar-refractivity contribution in [3.8, 4) is 0 Å². The summed E-state index contributed by atoms with van der Waals surface area (Å²) in [6.45, 7) is 0.725. The fourth-order valence-corrected chi connectivity index (χ4v) is 4.19. The fourth-order valence-electron chi connectivity index (χ4n) is 3.74. The first-order valence-corrected chi connectivity index (χ1v) is 13.0. The topological polar surface area (TPSA) is 128 Å². The van der Waals surface area contributed by atoms with Crippen LogP contribution in [0.5, 0.6) is 0 Å². The summed E-state index contributed by atoms with van der Waals surface area (Å²) < 4.78 is 7.09. The van der Waals surface area contributed by atoms with E-state index < -0.39 is 12.1 Å². The monoisotopic (exact) mass is 488 g/mol. The average molecular weight is 489 g/mol. The SMILES string of the molecule is CSCCC1OC(=O)CCCn2nnnc2C(CCc2ccccc2)NC(=O)CCCNC1=O. The molecular formula is C23H32N6O4S. The zero-order chi connectivity index (χ0) is 24.2. The molecular weight excluding hydrogens is 456 g/mol. The molecule has 2 aromatic rings. The number of rotatable bonds is 6. The molecule has 1 aliphatic heterocycles. The number of cyclic esters (lactones) is 1. The molecule has 2 atom stereocenters. The van der Waals surface area contributed by atoms with Gasteiger partial charge in [0, 0.05) is 32.4 Å². The minimum atomic E-state index is -0.826. The molecule has 0 radical (unpaired) electrons. The van der Waals surface area contributed by atoms with Crippen molar-refractivity contribution in [1.29, 1.82) is 0 Å². The first-order chi connectivity index (χ1) is 16.6. The second-order valence-corrected chi connectivity index (χ2v) is 9.15. The Morgan fingerprint density at radius 2 is 1.94 bits per heavy atom. The summed E-state index contributed by atoms with van der Waals surface area (Å²) in [5.74, 6) is 0.400. The van der Waals surface area contributed by atoms with Gasteiger partial charge in [0.2, 0.25) is 5.91 Å². The van der Waals surface area contributed by atoms with Crippen molar-refractivity contribution in [1.82, 2.24) is 30.8 Å². The predicted octanol–water partition coefficient (Wildman–Crippen LogP) is 1.82. The summed E-state index contributed by atoms with van der Waals surface area (Å²) in [4.78, 5) is 37.6. The summed E-state index contributed by atoms with van der Waals surface area (Å²) in [6, 6.07) is 9.65. The van der Waals surface area contributed by atoms with E-state index in [2.05, 4.69) is 26.2 Å². The first kappa shape index (κ1) is 25.7. The van der Waals surface area contributed by atoms with Crippen LogP contribution in [0.15, 0.2) is 30.3 Å². The van der Waals surface area contributed by atoms with Gasteiger partial charge in [-0.15, -0.1) is 5.10 Å². The molecule has 0 saturated heterocycles. The molecule has 10 nitrogen and oxygen atoms in total. The Morgan fingerprint density at radius 1 is 1.12 bits per heavy atom. The van der Waals surface area contributed by atoms with Gasteiger partial charge in [-0.3, -0.25) is 14.4 Å². The van der Waals surface area contributed by atoms with Gasteiger partial charge in [0.05, 0.1) is 6.04 Å². The molecule has 2 amide bonds. The van der Waals surface area contributed by atoms with Gasteiger partial charge >= 0.3 is 5.97 Å². The molecule has 34 heavy (non-hydrogen) atoms. The number of carbonyl (C=O) groups excluding carboxylic acids is 3. The fraction of sp³-hybridized carbons (Fsp3) is 0.565. The van der Waals surface area contributed by atoms with Gasteiger partial charge < -0.3 is 15.4 Å². The number of aromatic nitrogens is 4. The number of tetrazole rings is 1. The van der Waals surface area contributed by atoms with E-state index in [0.29, 0.717) is 50.4 Å². The highest BCUT2D eigenvalue weighted by atomic mass is 32.2. The van der Waals surface area contributed by atoms with Crippen LogP contribution in [-0.4, -0.2) is 62.6 Å². The van der Waals surface area contributed by atoms with Gasteiger partial charge in [-0.05, 0) is 53.7 Å². The summed E-state index contributed by atoms with van der Waals surface area (Å²) >= 11 is 1.58. The van der Waals surface area contributed by atoms with Gasteiger partial charge in [-0.25, -0.2) is 4.68 Å². The van der Waals surface area contributed by atoms with Gasteiger partial charge in [0.15, 0.2) is 11.9 Å². The summed E-state index contributed by atoms with van der Waals surface area (Å²) in [5, 5.41) is 17.9. The highest BCUT2D eigenvalue weighted by Crippen LogP contribution is 2.18. The van der Waals surface area contributed by atoms with Crippen molar-refractivity contribution < 1.29 is 19.1 Å². The van der Waals surface area contributed by atoms with Crippen LogP contribution < -0.4 is 10.6 Å². The number of hydrogen-bond donors (Lipinski definition) is 2. The van der Waals surface area contributed by atoms with Crippen molar-refractivity contribution in [2.45, 2.75) is 63.6 Å². The number of hydrogen-bond acceptors (Lipinski definition) is 8. The lowest BCUT2D eigenvalue weighted by Crippen LogP contribution is -2.39. The molecule has 2 heterocycles. The van der Waals surface area contributed by atoms with E-state index in [1.165, 1.54) is 0 Å². The summed E-state index contributed by atoms with van der Waals surface area (Å²) in [5.41, 5.74) is 1.16. The molecule has 11 heteroatoms. The number of ether oxygens (including phenoxy) is 1. The number of amides is 2. The van der Waals surface area contributed by atoms with E-state index in [4.69, 9.17) is 4.74 Å². The summed E-state index contributed by atoms with van der Waals surface area (Å²) in [7, 11) is 0. The molecule has 0 bridgehead atoms. The second-order valence-electron chi connectivity index (χ2n) is 8.16. The van der Waals surface area contributed by atoms with E-state index in [1.807, 2.05) is 36.6 Å². The maximum absolute atomic E-state index is 12.7. The van der Waals surface area contributed by atoms with Crippen LogP contribution in [0.1, 0.15) is 56.0 Å². The lowest BCUT2D eigenvalue weighted by Gasteiger charge is -2.20. The Bertz CT molecular complexity index is 939. The third kappa shape index (κ3) is 8.12. The molecule has 0 saturated carbocycles. The van der Waals surface area contributed by atoms with Crippen molar-refractivity contribution >= 4 is 29.5 Å². The zero-order valence-corrected chi connectivity index (χ0v) is 20.3. The van der Waals surface area contributed by atoms with Crippen LogP contribution >= 0.6 is 11.8 Å². The largest absolute Gasteiger partial charge is 0.452 e. The number of nitrogens with zero attached hydrogens (tertiary/aromatic N) is 4. The van der Waals surface area contributed by atoms with Crippen molar-refractivity contribution in [3.63, 3.8) is 0 Å². The Kier molecular flexibility index (Phi) is 10.3. The molecule has 2 unspecified atom stereocenters. The maximum atomic E-state index is 12.7. The minimum Gasteiger partial charge on any atom is -0.452 e. The van der Waals surface area contributed by atoms with E-state index >= 15 is 0 Å². The molecule has 0 fully saturated rings. The smallest absolute Gasteiger partial charge is 0.306 e. The zero-order valence-electron chi connectivity index (χ0n) is 19.4. The Hall–Kier alpha value is -2.95. The van der Waals surface area contributed by atoms with Crippen molar-refractivity contribution in [3.05, 3.63) is 41.7 Å². The van der Waals surface area contributed by atoms with E-state index in [9.17, 15) is 14.4 Å². The van der Waals surface area contributed by atoms with Crippen LogP contribution in [-0.2, 0) is 32.1 Å². The van der Waals surface area contributed by atoms with Crippen LogP contribution in [0.25, 0.3) is 0 Å². The number of thioether (sulfide) groups is 1. The van der Waals surface area contributed by atoms with Crippen LogP contribution in [0.4, 0.5) is 0 Å². The Balaban J connectivity index is 1.72. The first-order valence-electron chi connectivity index (χ1n) is 11.6. The molecule has 0 spiro atoms. The van der Waals surface area contributed by atoms with Crippen LogP contribution in [0.3, 0.4) is 0 Å². The lowest BCUT2D eigenvalue weighted by molar-refractivity contribution is -0.156. The van der Waals surface area contributed by atoms with Gasteiger partial charge in [0.25, 0.3) is 5.91 Å². The number of fused-ring (bicyclic) bond motifs is 1. The number of esters is 1. The summed E-state index contributed by atoms with van der Waals surface area (Å²) in [6.07, 6.45) is 4.24. The number of nitrogens with one attached hydrogen (secondary N) is 2. The number of aryl methyl sites for hydroxylation is 2. The van der Waals surface area contributed by atoms with E-state index in [-0.39, 0.29) is 30.7 Å². The predicted molar refractivity (Wildman–Crippen MR) is 128 cm³/mol. The standard InChI is InChI=1S/C23H32N6O4S/c1-34-16-13-19-23(32)24-14-5-9-20(30)25-18(12-11-17-7-3-2-4-8-17)22-26-27-28-29(22)15-6-10-21(31)33-19/h2-4,7-8,18-19H,5-6,9-16H2,1H3,(H,24,32)(H,25,30). The molecule has 1 aromatic heterocycles.